The number of amides is 1. The summed E-state index contributed by atoms with van der Waals surface area (Å²) in [5.41, 5.74) is 1.45. The third-order valence-electron chi connectivity index (χ3n) is 3.30. The molecule has 7 nitrogen and oxygen atoms in total. The van der Waals surface area contributed by atoms with Crippen LogP contribution in [0, 0.1) is 6.92 Å². The van der Waals surface area contributed by atoms with Gasteiger partial charge in [0.15, 0.2) is 0 Å². The number of alkyl halides is 3. The molecule has 11 heteroatoms. The van der Waals surface area contributed by atoms with E-state index < -0.39 is 23.9 Å². The Hall–Kier alpha value is -2.69. The lowest BCUT2D eigenvalue weighted by molar-refractivity contribution is -0.144. The first-order chi connectivity index (χ1) is 11.8. The molecule has 0 fully saturated rings. The van der Waals surface area contributed by atoms with Gasteiger partial charge in [-0.25, -0.2) is 4.68 Å². The van der Waals surface area contributed by atoms with Crippen molar-refractivity contribution in [1.82, 2.24) is 25.0 Å². The molecule has 0 saturated heterocycles. The summed E-state index contributed by atoms with van der Waals surface area (Å²) in [6, 6.07) is 7.25. The Labute approximate surface area is 147 Å². The standard InChI is InChI=1S/C14H10BrF3N6O/c1-7-10(6-19-24(7)9-4-2-8(15)3-5-9)11(25)20-13-21-12(22-23-13)14(16,17)18/h2-6H,1H3,(H2,20,21,22,23,25). The molecule has 0 aliphatic carbocycles. The molecule has 0 radical (unpaired) electrons. The maximum atomic E-state index is 12.5. The second kappa shape index (κ2) is 6.31. The molecule has 1 aromatic carbocycles. The van der Waals surface area contributed by atoms with Crippen molar-refractivity contribution in [3.05, 3.63) is 52.0 Å². The van der Waals surface area contributed by atoms with Crippen LogP contribution in [0.2, 0.25) is 0 Å². The number of aromatic amines is 1. The van der Waals surface area contributed by atoms with Crippen molar-refractivity contribution < 1.29 is 18.0 Å². The van der Waals surface area contributed by atoms with Crippen molar-refractivity contribution in [2.45, 2.75) is 13.1 Å². The predicted octanol–water partition coefficient (Wildman–Crippen LogP) is 3.33. The van der Waals surface area contributed by atoms with E-state index in [0.717, 1.165) is 10.2 Å². The van der Waals surface area contributed by atoms with Crippen molar-refractivity contribution >= 4 is 27.8 Å². The Morgan fingerprint density at radius 1 is 1.28 bits per heavy atom. The quantitative estimate of drug-likeness (QED) is 0.687. The zero-order chi connectivity index (χ0) is 18.2. The monoisotopic (exact) mass is 414 g/mol. The molecule has 0 aliphatic heterocycles. The number of halogens is 4. The lowest BCUT2D eigenvalue weighted by Gasteiger charge is -2.05. The van der Waals surface area contributed by atoms with Gasteiger partial charge in [-0.05, 0) is 31.2 Å². The second-order valence-electron chi connectivity index (χ2n) is 4.99. The molecule has 0 saturated carbocycles. The fraction of sp³-hybridized carbons (Fsp3) is 0.143. The highest BCUT2D eigenvalue weighted by Gasteiger charge is 2.35. The molecule has 3 rings (SSSR count). The van der Waals surface area contributed by atoms with Gasteiger partial charge in [-0.2, -0.15) is 23.3 Å². The minimum atomic E-state index is -4.67. The van der Waals surface area contributed by atoms with Gasteiger partial charge in [0.05, 0.1) is 23.1 Å². The van der Waals surface area contributed by atoms with Crippen LogP contribution in [0.15, 0.2) is 34.9 Å². The van der Waals surface area contributed by atoms with Gasteiger partial charge in [0.2, 0.25) is 11.8 Å². The van der Waals surface area contributed by atoms with Crippen LogP contribution in [0.5, 0.6) is 0 Å². The Balaban J connectivity index is 1.81. The normalized spacial score (nSPS) is 11.6. The van der Waals surface area contributed by atoms with Crippen LogP contribution in [0.3, 0.4) is 0 Å². The van der Waals surface area contributed by atoms with Crippen LogP contribution in [0.25, 0.3) is 5.69 Å². The van der Waals surface area contributed by atoms with E-state index in [1.54, 1.807) is 28.8 Å². The lowest BCUT2D eigenvalue weighted by Crippen LogP contribution is -2.14. The lowest BCUT2D eigenvalue weighted by atomic mass is 10.2. The largest absolute Gasteiger partial charge is 0.451 e. The maximum absolute atomic E-state index is 12.5. The maximum Gasteiger partial charge on any atom is 0.451 e. The van der Waals surface area contributed by atoms with Crippen LogP contribution in [-0.4, -0.2) is 30.9 Å². The Bertz CT molecular complexity index is 916. The van der Waals surface area contributed by atoms with Gasteiger partial charge in [-0.15, -0.1) is 5.10 Å². The van der Waals surface area contributed by atoms with Gasteiger partial charge in [-0.1, -0.05) is 15.9 Å². The number of anilines is 1. The highest BCUT2D eigenvalue weighted by Crippen LogP contribution is 2.26. The number of aromatic nitrogens is 5. The van der Waals surface area contributed by atoms with E-state index in [-0.39, 0.29) is 5.56 Å². The van der Waals surface area contributed by atoms with Crippen molar-refractivity contribution in [3.8, 4) is 5.69 Å². The van der Waals surface area contributed by atoms with E-state index in [4.69, 9.17) is 0 Å². The van der Waals surface area contributed by atoms with E-state index in [1.165, 1.54) is 6.20 Å². The SMILES string of the molecule is Cc1c(C(=O)Nc2n[nH]c(C(F)(F)F)n2)cnn1-c1ccc(Br)cc1. The van der Waals surface area contributed by atoms with Crippen LogP contribution >= 0.6 is 15.9 Å². The van der Waals surface area contributed by atoms with E-state index in [2.05, 4.69) is 36.4 Å². The van der Waals surface area contributed by atoms with Gasteiger partial charge in [0.25, 0.3) is 5.91 Å². The summed E-state index contributed by atoms with van der Waals surface area (Å²) in [6.45, 7) is 1.67. The number of carbonyl (C=O) groups is 1. The smallest absolute Gasteiger partial charge is 0.289 e. The summed E-state index contributed by atoms with van der Waals surface area (Å²) >= 11 is 3.33. The van der Waals surface area contributed by atoms with E-state index in [1.807, 2.05) is 12.1 Å². The number of nitrogens with one attached hydrogen (secondary N) is 2. The predicted molar refractivity (Wildman–Crippen MR) is 85.3 cm³/mol. The van der Waals surface area contributed by atoms with E-state index >= 15 is 0 Å². The number of H-pyrrole nitrogens is 1. The summed E-state index contributed by atoms with van der Waals surface area (Å²) in [5.74, 6) is -2.41. The summed E-state index contributed by atoms with van der Waals surface area (Å²) in [5, 5.41) is 11.4. The van der Waals surface area contributed by atoms with Crippen LogP contribution in [0.1, 0.15) is 21.9 Å². The minimum Gasteiger partial charge on any atom is -0.289 e. The van der Waals surface area contributed by atoms with Crippen molar-refractivity contribution in [2.24, 2.45) is 0 Å². The highest BCUT2D eigenvalue weighted by molar-refractivity contribution is 9.10. The van der Waals surface area contributed by atoms with Gasteiger partial charge in [0.1, 0.15) is 0 Å². The molecular weight excluding hydrogens is 405 g/mol. The summed E-state index contributed by atoms with van der Waals surface area (Å²) in [4.78, 5) is 15.4. The van der Waals surface area contributed by atoms with Crippen molar-refractivity contribution in [3.63, 3.8) is 0 Å². The number of hydrogen-bond donors (Lipinski definition) is 2. The second-order valence-corrected chi connectivity index (χ2v) is 5.91. The number of carbonyl (C=O) groups excluding carboxylic acids is 1. The topological polar surface area (TPSA) is 88.5 Å². The van der Waals surface area contributed by atoms with Crippen LogP contribution in [-0.2, 0) is 6.18 Å². The number of rotatable bonds is 3. The molecule has 0 spiro atoms. The molecule has 2 aromatic heterocycles. The molecule has 0 unspecified atom stereocenters. The molecule has 1 amide bonds. The van der Waals surface area contributed by atoms with E-state index in [9.17, 15) is 18.0 Å². The van der Waals surface area contributed by atoms with Gasteiger partial charge in [-0.3, -0.25) is 15.2 Å². The molecule has 130 valence electrons. The third kappa shape index (κ3) is 3.55. The Kier molecular flexibility index (Phi) is 4.33. The first-order valence-electron chi connectivity index (χ1n) is 6.87. The fourth-order valence-corrected chi connectivity index (χ4v) is 2.35. The first kappa shape index (κ1) is 17.1. The first-order valence-corrected chi connectivity index (χ1v) is 7.66. The molecule has 0 atom stereocenters. The van der Waals surface area contributed by atoms with Crippen molar-refractivity contribution in [1.29, 1.82) is 0 Å². The Morgan fingerprint density at radius 3 is 2.56 bits per heavy atom. The molecule has 0 bridgehead atoms. The number of benzene rings is 1. The molecular formula is C14H10BrF3N6O. The van der Waals surface area contributed by atoms with Crippen LogP contribution in [0.4, 0.5) is 19.1 Å². The molecule has 2 heterocycles. The average molecular weight is 415 g/mol. The molecule has 2 N–H and O–H groups in total. The van der Waals surface area contributed by atoms with Crippen molar-refractivity contribution in [2.75, 3.05) is 5.32 Å². The summed E-state index contributed by atoms with van der Waals surface area (Å²) in [6.07, 6.45) is -3.34. The number of nitrogens with zero attached hydrogens (tertiary/aromatic N) is 4. The average Bonchev–Trinajstić information content (AvgIpc) is 3.15. The van der Waals surface area contributed by atoms with Crippen LogP contribution < -0.4 is 5.32 Å². The molecule has 0 aliphatic rings. The van der Waals surface area contributed by atoms with E-state index in [0.29, 0.717) is 5.69 Å². The zero-order valence-electron chi connectivity index (χ0n) is 12.6. The minimum absolute atomic E-state index is 0.196. The molecule has 3 aromatic rings. The Morgan fingerprint density at radius 2 is 1.96 bits per heavy atom. The summed E-state index contributed by atoms with van der Waals surface area (Å²) in [7, 11) is 0. The summed E-state index contributed by atoms with van der Waals surface area (Å²) < 4.78 is 39.9. The number of hydrogen-bond acceptors (Lipinski definition) is 4. The van der Waals surface area contributed by atoms with Gasteiger partial charge in [0, 0.05) is 4.47 Å². The van der Waals surface area contributed by atoms with Gasteiger partial charge >= 0.3 is 6.18 Å². The third-order valence-corrected chi connectivity index (χ3v) is 3.83. The highest BCUT2D eigenvalue weighted by atomic mass is 79.9. The molecule has 25 heavy (non-hydrogen) atoms. The van der Waals surface area contributed by atoms with Gasteiger partial charge < -0.3 is 0 Å². The fourth-order valence-electron chi connectivity index (χ4n) is 2.09. The zero-order valence-corrected chi connectivity index (χ0v) is 14.2.